The molecule has 0 amide bonds. The van der Waals surface area contributed by atoms with E-state index in [-0.39, 0.29) is 6.04 Å². The third-order valence-electron chi connectivity index (χ3n) is 3.95. The number of benzene rings is 1. The summed E-state index contributed by atoms with van der Waals surface area (Å²) in [5, 5.41) is 8.12. The highest BCUT2D eigenvalue weighted by atomic mass is 16.7. The molecule has 5 heteroatoms. The largest absolute Gasteiger partial charge is 0.454 e. The number of aryl methyl sites for hydroxylation is 1. The first-order valence-corrected chi connectivity index (χ1v) is 7.07. The summed E-state index contributed by atoms with van der Waals surface area (Å²) >= 11 is 0. The van der Waals surface area contributed by atoms with E-state index in [1.54, 1.807) is 0 Å². The van der Waals surface area contributed by atoms with Gasteiger partial charge < -0.3 is 14.8 Å². The number of hydrogen-bond acceptors (Lipinski definition) is 4. The van der Waals surface area contributed by atoms with E-state index in [2.05, 4.69) is 35.1 Å². The van der Waals surface area contributed by atoms with Crippen molar-refractivity contribution in [3.8, 4) is 11.5 Å². The number of nitrogens with one attached hydrogen (secondary N) is 1. The van der Waals surface area contributed by atoms with Gasteiger partial charge >= 0.3 is 0 Å². The van der Waals surface area contributed by atoms with Gasteiger partial charge in [0, 0.05) is 12.6 Å². The van der Waals surface area contributed by atoms with Crippen LogP contribution in [-0.2, 0) is 6.42 Å². The van der Waals surface area contributed by atoms with Crippen LogP contribution in [0.2, 0.25) is 0 Å². The van der Waals surface area contributed by atoms with Crippen LogP contribution in [0.4, 0.5) is 5.82 Å². The molecule has 2 aromatic rings. The van der Waals surface area contributed by atoms with E-state index in [9.17, 15) is 0 Å². The molecule has 104 valence electrons. The first-order valence-electron chi connectivity index (χ1n) is 7.07. The summed E-state index contributed by atoms with van der Waals surface area (Å²) in [7, 11) is 0. The van der Waals surface area contributed by atoms with Gasteiger partial charge in [-0.05, 0) is 30.5 Å². The van der Waals surface area contributed by atoms with Gasteiger partial charge in [0.15, 0.2) is 11.5 Å². The third kappa shape index (κ3) is 1.73. The summed E-state index contributed by atoms with van der Waals surface area (Å²) in [6, 6.07) is 8.58. The Labute approximate surface area is 117 Å². The second-order valence-corrected chi connectivity index (χ2v) is 5.16. The molecule has 2 aliphatic rings. The van der Waals surface area contributed by atoms with Crippen LogP contribution in [0.5, 0.6) is 11.5 Å². The van der Waals surface area contributed by atoms with Gasteiger partial charge in [-0.15, -0.1) is 0 Å². The summed E-state index contributed by atoms with van der Waals surface area (Å²) < 4.78 is 12.9. The Bertz CT molecular complexity index is 651. The molecular formula is C15H17N3O2. The van der Waals surface area contributed by atoms with Gasteiger partial charge in [0.1, 0.15) is 5.82 Å². The molecule has 1 aromatic heterocycles. The predicted molar refractivity (Wildman–Crippen MR) is 75.4 cm³/mol. The van der Waals surface area contributed by atoms with Crippen LogP contribution in [0.3, 0.4) is 0 Å². The number of nitrogens with zero attached hydrogens (tertiary/aromatic N) is 2. The Morgan fingerprint density at radius 2 is 2.20 bits per heavy atom. The van der Waals surface area contributed by atoms with Gasteiger partial charge in [0.05, 0.1) is 11.7 Å². The van der Waals surface area contributed by atoms with Gasteiger partial charge in [0.25, 0.3) is 0 Å². The van der Waals surface area contributed by atoms with E-state index >= 15 is 0 Å². The number of fused-ring (bicyclic) bond motifs is 2. The highest BCUT2D eigenvalue weighted by Crippen LogP contribution is 2.37. The molecule has 0 bridgehead atoms. The molecule has 1 N–H and O–H groups in total. The van der Waals surface area contributed by atoms with E-state index in [0.29, 0.717) is 6.79 Å². The minimum atomic E-state index is 0.265. The molecule has 1 atom stereocenters. The molecule has 2 aliphatic heterocycles. The van der Waals surface area contributed by atoms with E-state index in [1.165, 1.54) is 5.56 Å². The zero-order chi connectivity index (χ0) is 13.5. The molecule has 1 aromatic carbocycles. The highest BCUT2D eigenvalue weighted by molar-refractivity contribution is 5.47. The van der Waals surface area contributed by atoms with Crippen molar-refractivity contribution in [2.24, 2.45) is 0 Å². The Hall–Kier alpha value is -2.17. The number of anilines is 1. The Balaban J connectivity index is 1.74. The van der Waals surface area contributed by atoms with Crippen LogP contribution in [0.25, 0.3) is 0 Å². The van der Waals surface area contributed by atoms with Crippen molar-refractivity contribution in [1.82, 2.24) is 9.78 Å². The van der Waals surface area contributed by atoms with Gasteiger partial charge in [0.2, 0.25) is 6.79 Å². The summed E-state index contributed by atoms with van der Waals surface area (Å²) in [4.78, 5) is 0. The fourth-order valence-electron chi connectivity index (χ4n) is 2.87. The van der Waals surface area contributed by atoms with Crippen molar-refractivity contribution >= 4 is 5.82 Å². The molecule has 0 radical (unpaired) electrons. The molecule has 4 rings (SSSR count). The SMILES string of the molecule is CCc1cc2n(n1)C(c1ccc3c(c1)OCO3)CCN2. The fraction of sp³-hybridized carbons (Fsp3) is 0.400. The summed E-state index contributed by atoms with van der Waals surface area (Å²) in [5.74, 6) is 2.78. The smallest absolute Gasteiger partial charge is 0.231 e. The Morgan fingerprint density at radius 3 is 3.10 bits per heavy atom. The van der Waals surface area contributed by atoms with Crippen molar-refractivity contribution in [2.45, 2.75) is 25.8 Å². The maximum Gasteiger partial charge on any atom is 0.231 e. The summed E-state index contributed by atoms with van der Waals surface area (Å²) in [6.45, 7) is 3.41. The molecular weight excluding hydrogens is 254 g/mol. The van der Waals surface area contributed by atoms with Gasteiger partial charge in [-0.3, -0.25) is 0 Å². The molecule has 0 saturated carbocycles. The molecule has 5 nitrogen and oxygen atoms in total. The first kappa shape index (κ1) is 11.6. The predicted octanol–water partition coefficient (Wildman–Crippen LogP) is 2.58. The highest BCUT2D eigenvalue weighted by Gasteiger charge is 2.24. The van der Waals surface area contributed by atoms with Crippen molar-refractivity contribution in [3.05, 3.63) is 35.5 Å². The van der Waals surface area contributed by atoms with Crippen LogP contribution in [-0.4, -0.2) is 23.1 Å². The van der Waals surface area contributed by atoms with Gasteiger partial charge in [-0.1, -0.05) is 13.0 Å². The monoisotopic (exact) mass is 271 g/mol. The topological polar surface area (TPSA) is 48.3 Å². The number of hydrogen-bond donors (Lipinski definition) is 1. The normalized spacial score (nSPS) is 19.6. The number of rotatable bonds is 2. The summed E-state index contributed by atoms with van der Waals surface area (Å²) in [6.07, 6.45) is 1.98. The van der Waals surface area contributed by atoms with Crippen molar-refractivity contribution in [1.29, 1.82) is 0 Å². The lowest BCUT2D eigenvalue weighted by molar-refractivity contribution is 0.174. The molecule has 20 heavy (non-hydrogen) atoms. The average molecular weight is 271 g/mol. The number of ether oxygens (including phenoxy) is 2. The molecule has 0 saturated heterocycles. The Morgan fingerprint density at radius 1 is 1.30 bits per heavy atom. The average Bonchev–Trinajstić information content (AvgIpc) is 3.11. The molecule has 0 aliphatic carbocycles. The molecule has 0 spiro atoms. The third-order valence-corrected chi connectivity index (χ3v) is 3.95. The van der Waals surface area contributed by atoms with Crippen LogP contribution < -0.4 is 14.8 Å². The van der Waals surface area contributed by atoms with Crippen molar-refractivity contribution in [3.63, 3.8) is 0 Å². The summed E-state index contributed by atoms with van der Waals surface area (Å²) in [5.41, 5.74) is 2.35. The van der Waals surface area contributed by atoms with Crippen molar-refractivity contribution in [2.75, 3.05) is 18.7 Å². The fourth-order valence-corrected chi connectivity index (χ4v) is 2.87. The number of aromatic nitrogens is 2. The minimum absolute atomic E-state index is 0.265. The lowest BCUT2D eigenvalue weighted by atomic mass is 10.0. The van der Waals surface area contributed by atoms with Gasteiger partial charge in [-0.2, -0.15) is 5.10 Å². The Kier molecular flexibility index (Phi) is 2.58. The van der Waals surface area contributed by atoms with Crippen molar-refractivity contribution < 1.29 is 9.47 Å². The lowest BCUT2D eigenvalue weighted by Gasteiger charge is -2.26. The second-order valence-electron chi connectivity index (χ2n) is 5.16. The van der Waals surface area contributed by atoms with E-state index < -0.39 is 0 Å². The van der Waals surface area contributed by atoms with E-state index in [0.717, 1.165) is 42.4 Å². The quantitative estimate of drug-likeness (QED) is 0.912. The second kappa shape index (κ2) is 4.44. The van der Waals surface area contributed by atoms with Crippen LogP contribution >= 0.6 is 0 Å². The molecule has 3 heterocycles. The van der Waals surface area contributed by atoms with E-state index in [4.69, 9.17) is 14.6 Å². The standard InChI is InChI=1S/C15H17N3O2/c1-2-11-8-15-16-6-5-12(18(15)17-11)10-3-4-13-14(7-10)20-9-19-13/h3-4,7-8,12,16H,2,5-6,9H2,1H3. The van der Waals surface area contributed by atoms with E-state index in [1.807, 2.05) is 6.07 Å². The van der Waals surface area contributed by atoms with Gasteiger partial charge in [-0.25, -0.2) is 4.68 Å². The zero-order valence-corrected chi connectivity index (χ0v) is 11.4. The van der Waals surface area contributed by atoms with Crippen LogP contribution in [0.1, 0.15) is 30.6 Å². The first-order chi connectivity index (χ1) is 9.85. The maximum atomic E-state index is 5.48. The maximum absolute atomic E-state index is 5.48. The van der Waals surface area contributed by atoms with Crippen LogP contribution in [0.15, 0.2) is 24.3 Å². The zero-order valence-electron chi connectivity index (χ0n) is 11.4. The molecule has 1 unspecified atom stereocenters. The lowest BCUT2D eigenvalue weighted by Crippen LogP contribution is -2.24. The van der Waals surface area contributed by atoms with Crippen LogP contribution in [0, 0.1) is 0 Å². The molecule has 0 fully saturated rings. The minimum Gasteiger partial charge on any atom is -0.454 e.